The van der Waals surface area contributed by atoms with Gasteiger partial charge in [0.05, 0.1) is 10.5 Å². The lowest BCUT2D eigenvalue weighted by atomic mass is 9.86. The largest absolute Gasteiger partial charge is 0.507 e. The average Bonchev–Trinajstić information content (AvgIpc) is 3.75. The SMILES string of the molecule is CCC(CC1CCCN(S(=O)(=O)c2ccc(C)cc2)C1)c1cc(O)c(Cc2ccccc2C2CC2)c(=O)o1. The van der Waals surface area contributed by atoms with E-state index in [1.807, 2.05) is 44.2 Å². The number of rotatable bonds is 9. The first-order valence-electron chi connectivity index (χ1n) is 13.8. The number of hydrogen-bond donors (Lipinski definition) is 1. The number of piperidine rings is 1. The molecule has 1 aromatic heterocycles. The fraction of sp³-hybridized carbons (Fsp3) is 0.452. The molecule has 5 rings (SSSR count). The molecular formula is C31H37NO5S. The zero-order valence-corrected chi connectivity index (χ0v) is 23.0. The van der Waals surface area contributed by atoms with Gasteiger partial charge in [-0.05, 0) is 80.5 Å². The lowest BCUT2D eigenvalue weighted by Crippen LogP contribution is -2.40. The van der Waals surface area contributed by atoms with Crippen molar-refractivity contribution >= 4 is 10.0 Å². The topological polar surface area (TPSA) is 87.8 Å². The second-order valence-electron chi connectivity index (χ2n) is 11.0. The third-order valence-electron chi connectivity index (χ3n) is 8.14. The van der Waals surface area contributed by atoms with Gasteiger partial charge < -0.3 is 9.52 Å². The first-order valence-corrected chi connectivity index (χ1v) is 15.2. The molecule has 2 aromatic carbocycles. The van der Waals surface area contributed by atoms with Crippen LogP contribution in [0.4, 0.5) is 0 Å². The van der Waals surface area contributed by atoms with Crippen LogP contribution in [0.2, 0.25) is 0 Å². The van der Waals surface area contributed by atoms with Crippen molar-refractivity contribution in [2.24, 2.45) is 5.92 Å². The van der Waals surface area contributed by atoms with Gasteiger partial charge in [0.15, 0.2) is 0 Å². The van der Waals surface area contributed by atoms with Crippen LogP contribution in [-0.4, -0.2) is 30.9 Å². The van der Waals surface area contributed by atoms with Crippen LogP contribution in [0.3, 0.4) is 0 Å². The highest BCUT2D eigenvalue weighted by molar-refractivity contribution is 7.89. The monoisotopic (exact) mass is 535 g/mol. The molecular weight excluding hydrogens is 498 g/mol. The highest BCUT2D eigenvalue weighted by Crippen LogP contribution is 2.42. The summed E-state index contributed by atoms with van der Waals surface area (Å²) in [6.45, 7) is 4.93. The van der Waals surface area contributed by atoms with Crippen LogP contribution >= 0.6 is 0 Å². The molecule has 7 heteroatoms. The predicted octanol–water partition coefficient (Wildman–Crippen LogP) is 6.11. The molecule has 2 fully saturated rings. The Kier molecular flexibility index (Phi) is 7.78. The molecule has 38 heavy (non-hydrogen) atoms. The zero-order valence-electron chi connectivity index (χ0n) is 22.2. The number of hydrogen-bond acceptors (Lipinski definition) is 5. The maximum Gasteiger partial charge on any atom is 0.343 e. The summed E-state index contributed by atoms with van der Waals surface area (Å²) in [7, 11) is -3.55. The molecule has 3 aromatic rings. The quantitative estimate of drug-likeness (QED) is 0.357. The molecule has 202 valence electrons. The van der Waals surface area contributed by atoms with Crippen LogP contribution in [0.25, 0.3) is 0 Å². The van der Waals surface area contributed by atoms with Crippen LogP contribution in [0.15, 0.2) is 68.7 Å². The second-order valence-corrected chi connectivity index (χ2v) is 12.9. The molecule has 1 aliphatic heterocycles. The summed E-state index contributed by atoms with van der Waals surface area (Å²) >= 11 is 0. The van der Waals surface area contributed by atoms with Gasteiger partial charge in [-0.25, -0.2) is 13.2 Å². The minimum absolute atomic E-state index is 0.0208. The van der Waals surface area contributed by atoms with E-state index in [9.17, 15) is 18.3 Å². The zero-order chi connectivity index (χ0) is 26.9. The van der Waals surface area contributed by atoms with Crippen molar-refractivity contribution in [3.05, 3.63) is 93.0 Å². The number of benzene rings is 2. The van der Waals surface area contributed by atoms with Crippen molar-refractivity contribution in [3.63, 3.8) is 0 Å². The molecule has 0 amide bonds. The molecule has 0 bridgehead atoms. The second kappa shape index (κ2) is 11.1. The highest BCUT2D eigenvalue weighted by atomic mass is 32.2. The molecule has 1 N–H and O–H groups in total. The van der Waals surface area contributed by atoms with Crippen LogP contribution in [0.1, 0.15) is 85.3 Å². The lowest BCUT2D eigenvalue weighted by Gasteiger charge is -2.33. The molecule has 0 spiro atoms. The van der Waals surface area contributed by atoms with Crippen LogP contribution in [0.5, 0.6) is 5.75 Å². The Morgan fingerprint density at radius 3 is 2.50 bits per heavy atom. The van der Waals surface area contributed by atoms with Crippen LogP contribution < -0.4 is 5.63 Å². The van der Waals surface area contributed by atoms with Gasteiger partial charge in [0.2, 0.25) is 10.0 Å². The first kappa shape index (κ1) is 26.7. The number of aryl methyl sites for hydroxylation is 1. The van der Waals surface area contributed by atoms with E-state index in [0.717, 1.165) is 30.4 Å². The molecule has 2 aliphatic rings. The lowest BCUT2D eigenvalue weighted by molar-refractivity contribution is 0.235. The smallest absolute Gasteiger partial charge is 0.343 e. The maximum absolute atomic E-state index is 13.2. The summed E-state index contributed by atoms with van der Waals surface area (Å²) in [5.41, 5.74) is 3.15. The summed E-state index contributed by atoms with van der Waals surface area (Å²) in [6, 6.07) is 16.7. The Labute approximate surface area is 225 Å². The number of sulfonamides is 1. The maximum atomic E-state index is 13.2. The average molecular weight is 536 g/mol. The van der Waals surface area contributed by atoms with Gasteiger partial charge in [-0.1, -0.05) is 48.9 Å². The van der Waals surface area contributed by atoms with E-state index in [-0.39, 0.29) is 17.6 Å². The van der Waals surface area contributed by atoms with E-state index in [1.54, 1.807) is 22.5 Å². The van der Waals surface area contributed by atoms with Crippen molar-refractivity contribution in [1.29, 1.82) is 0 Å². The van der Waals surface area contributed by atoms with Crippen LogP contribution in [-0.2, 0) is 16.4 Å². The Bertz CT molecular complexity index is 1440. The standard InChI is InChI=1S/C31H37NO5S/c1-3-23(17-22-7-6-16-32(20-22)38(35,36)26-14-10-21(2)11-15-26)30-19-29(33)28(31(34)37-30)18-25-8-4-5-9-27(25)24-12-13-24/h4-5,8-11,14-15,19,22-24,33H,3,6-7,12-13,16-18,20H2,1-2H3. The molecule has 0 radical (unpaired) electrons. The third-order valence-corrected chi connectivity index (χ3v) is 10.0. The Balaban J connectivity index is 1.31. The van der Waals surface area contributed by atoms with Gasteiger partial charge in [-0.2, -0.15) is 4.31 Å². The Hall–Kier alpha value is -2.90. The van der Waals surface area contributed by atoms with E-state index in [2.05, 4.69) is 6.07 Å². The third kappa shape index (κ3) is 5.74. The van der Waals surface area contributed by atoms with Crippen molar-refractivity contribution in [2.75, 3.05) is 13.1 Å². The van der Waals surface area contributed by atoms with E-state index >= 15 is 0 Å². The van der Waals surface area contributed by atoms with E-state index in [4.69, 9.17) is 4.42 Å². The Morgan fingerprint density at radius 1 is 1.08 bits per heavy atom. The fourth-order valence-corrected chi connectivity index (χ4v) is 7.30. The van der Waals surface area contributed by atoms with Gasteiger partial charge in [0, 0.05) is 31.5 Å². The van der Waals surface area contributed by atoms with Crippen molar-refractivity contribution in [1.82, 2.24) is 4.31 Å². The number of nitrogens with zero attached hydrogens (tertiary/aromatic N) is 1. The van der Waals surface area contributed by atoms with Crippen molar-refractivity contribution in [2.45, 2.75) is 75.5 Å². The first-order chi connectivity index (χ1) is 18.3. The number of aromatic hydroxyl groups is 1. The summed E-state index contributed by atoms with van der Waals surface area (Å²) in [5, 5.41) is 10.9. The van der Waals surface area contributed by atoms with Gasteiger partial charge in [0.25, 0.3) is 0 Å². The molecule has 2 atom stereocenters. The minimum atomic E-state index is -3.55. The predicted molar refractivity (Wildman–Crippen MR) is 148 cm³/mol. The summed E-state index contributed by atoms with van der Waals surface area (Å²) in [6.07, 6.45) is 5.82. The van der Waals surface area contributed by atoms with Gasteiger partial charge in [-0.15, -0.1) is 0 Å². The summed E-state index contributed by atoms with van der Waals surface area (Å²) in [4.78, 5) is 13.3. The summed E-state index contributed by atoms with van der Waals surface area (Å²) < 4.78 is 33.9. The summed E-state index contributed by atoms with van der Waals surface area (Å²) in [5.74, 6) is 1.08. The Morgan fingerprint density at radius 2 is 1.82 bits per heavy atom. The molecule has 2 heterocycles. The molecule has 1 saturated carbocycles. The van der Waals surface area contributed by atoms with Gasteiger partial charge >= 0.3 is 5.63 Å². The molecule has 1 aliphatic carbocycles. The minimum Gasteiger partial charge on any atom is -0.507 e. The highest BCUT2D eigenvalue weighted by Gasteiger charge is 2.32. The van der Waals surface area contributed by atoms with Crippen LogP contribution in [0, 0.1) is 12.8 Å². The van der Waals surface area contributed by atoms with E-state index in [1.165, 1.54) is 18.4 Å². The van der Waals surface area contributed by atoms with Crippen molar-refractivity contribution in [3.8, 4) is 5.75 Å². The van der Waals surface area contributed by atoms with Crippen molar-refractivity contribution < 1.29 is 17.9 Å². The molecule has 1 saturated heterocycles. The van der Waals surface area contributed by atoms with Gasteiger partial charge in [0.1, 0.15) is 11.5 Å². The van der Waals surface area contributed by atoms with E-state index < -0.39 is 15.6 Å². The normalized spacial score (nSPS) is 19.4. The molecule has 6 nitrogen and oxygen atoms in total. The van der Waals surface area contributed by atoms with E-state index in [0.29, 0.717) is 48.1 Å². The fourth-order valence-electron chi connectivity index (χ4n) is 5.75. The van der Waals surface area contributed by atoms with Gasteiger partial charge in [-0.3, -0.25) is 0 Å². The molecule has 2 unspecified atom stereocenters.